The third-order valence-corrected chi connectivity index (χ3v) is 7.35. The minimum atomic E-state index is -4.61. The van der Waals surface area contributed by atoms with Crippen molar-refractivity contribution in [2.45, 2.75) is 38.3 Å². The van der Waals surface area contributed by atoms with Crippen LogP contribution in [-0.4, -0.2) is 73.6 Å². The number of methoxy groups -OCH3 is 1. The number of benzene rings is 1. The van der Waals surface area contributed by atoms with Gasteiger partial charge in [0.1, 0.15) is 51.8 Å². The van der Waals surface area contributed by atoms with Crippen molar-refractivity contribution >= 4 is 40.6 Å². The maximum atomic E-state index is 13.1. The quantitative estimate of drug-likeness (QED) is 0.286. The summed E-state index contributed by atoms with van der Waals surface area (Å²) in [7, 11) is 1.37. The molecule has 0 saturated carbocycles. The lowest BCUT2D eigenvalue weighted by Crippen LogP contribution is -2.51. The van der Waals surface area contributed by atoms with Crippen LogP contribution in [0.3, 0.4) is 0 Å². The summed E-state index contributed by atoms with van der Waals surface area (Å²) in [6.45, 7) is 3.42. The van der Waals surface area contributed by atoms with Gasteiger partial charge < -0.3 is 30.5 Å². The number of aromatic nitrogens is 4. The van der Waals surface area contributed by atoms with E-state index >= 15 is 0 Å². The number of imidazole rings is 1. The molecule has 1 fully saturated rings. The second-order valence-electron chi connectivity index (χ2n) is 10.1. The van der Waals surface area contributed by atoms with Gasteiger partial charge in [-0.25, -0.2) is 15.0 Å². The number of amides is 2. The first-order chi connectivity index (χ1) is 20.8. The van der Waals surface area contributed by atoms with Gasteiger partial charge in [-0.05, 0) is 44.2 Å². The van der Waals surface area contributed by atoms with Crippen molar-refractivity contribution in [1.82, 2.24) is 24.3 Å². The number of fused-ring (bicyclic) bond motifs is 1. The Labute approximate surface area is 253 Å². The van der Waals surface area contributed by atoms with Crippen molar-refractivity contribution in [1.29, 1.82) is 0 Å². The molecule has 0 bridgehead atoms. The van der Waals surface area contributed by atoms with E-state index in [2.05, 4.69) is 15.3 Å². The number of pyridine rings is 1. The molecule has 1 aromatic carbocycles. The van der Waals surface area contributed by atoms with E-state index in [1.807, 2.05) is 0 Å². The number of carbonyl (C=O) groups excluding carboxylic acids is 2. The lowest BCUT2D eigenvalue weighted by atomic mass is 10.1. The van der Waals surface area contributed by atoms with Crippen molar-refractivity contribution in [2.75, 3.05) is 31.3 Å². The first kappa shape index (κ1) is 31.0. The molecule has 4 N–H and O–H groups in total. The molecule has 0 unspecified atom stereocenters. The number of rotatable bonds is 6. The zero-order valence-electron chi connectivity index (χ0n) is 23.6. The van der Waals surface area contributed by atoms with E-state index in [0.29, 0.717) is 16.9 Å². The van der Waals surface area contributed by atoms with Gasteiger partial charge in [-0.3, -0.25) is 14.0 Å². The molecule has 0 spiro atoms. The highest BCUT2D eigenvalue weighted by Gasteiger charge is 2.36. The Morgan fingerprint density at radius 3 is 2.68 bits per heavy atom. The fourth-order valence-electron chi connectivity index (χ4n) is 4.89. The van der Waals surface area contributed by atoms with Crippen molar-refractivity contribution in [3.8, 4) is 17.0 Å². The van der Waals surface area contributed by atoms with Crippen LogP contribution in [0.1, 0.15) is 41.7 Å². The summed E-state index contributed by atoms with van der Waals surface area (Å²) < 4.78 is 52.5. The lowest BCUT2D eigenvalue weighted by molar-refractivity contribution is -0.152. The number of nitrogens with one attached hydrogen (secondary N) is 1. The molecule has 44 heavy (non-hydrogen) atoms. The summed E-state index contributed by atoms with van der Waals surface area (Å²) in [6.07, 6.45) is -4.29. The zero-order valence-corrected chi connectivity index (χ0v) is 24.3. The number of ether oxygens (including phenoxy) is 2. The zero-order chi connectivity index (χ0) is 31.9. The largest absolute Gasteiger partial charge is 0.496 e. The third-order valence-electron chi connectivity index (χ3n) is 7.08. The summed E-state index contributed by atoms with van der Waals surface area (Å²) in [5.41, 5.74) is 6.37. The number of hydrogen-bond donors (Lipinski definition) is 3. The standard InChI is InChI=1S/C28H27ClF3N7O5/c1-13-12-44-19(11-38(13)27(42)14(2)40)25-37-22(23-24(33)35-10-20(29)39(23)25)17-5-4-15(8-18(17)43-3)26(41)36-21-9-16(6-7-34-21)28(30,31)32/h4-10,13-14,19,40H,11-12H2,1-3H3,(H2,33,35)(H,34,36,41)/t13-,14-,19+/m0/s1. The number of alkyl halides is 3. The van der Waals surface area contributed by atoms with Gasteiger partial charge in [-0.2, -0.15) is 13.2 Å². The maximum absolute atomic E-state index is 13.1. The smallest absolute Gasteiger partial charge is 0.416 e. The molecule has 1 aliphatic rings. The number of nitrogens with zero attached hydrogens (tertiary/aromatic N) is 5. The van der Waals surface area contributed by atoms with Crippen LogP contribution in [0, 0.1) is 0 Å². The second-order valence-corrected chi connectivity index (χ2v) is 10.5. The summed E-state index contributed by atoms with van der Waals surface area (Å²) in [5.74, 6) is -0.905. The van der Waals surface area contributed by atoms with Gasteiger partial charge in [0.2, 0.25) is 0 Å². The number of morpholine rings is 1. The lowest BCUT2D eigenvalue weighted by Gasteiger charge is -2.38. The number of nitrogen functional groups attached to an aromatic ring is 1. The molecule has 0 radical (unpaired) electrons. The number of anilines is 2. The first-order valence-electron chi connectivity index (χ1n) is 13.3. The van der Waals surface area contributed by atoms with Gasteiger partial charge in [-0.15, -0.1) is 0 Å². The highest BCUT2D eigenvalue weighted by molar-refractivity contribution is 6.30. The van der Waals surface area contributed by atoms with Crippen LogP contribution in [0.15, 0.2) is 42.7 Å². The molecule has 3 atom stereocenters. The normalized spacial score (nSPS) is 17.9. The van der Waals surface area contributed by atoms with Gasteiger partial charge >= 0.3 is 6.18 Å². The van der Waals surface area contributed by atoms with E-state index in [4.69, 9.17) is 31.8 Å². The predicted octanol–water partition coefficient (Wildman–Crippen LogP) is 3.98. The first-order valence-corrected chi connectivity index (χ1v) is 13.6. The monoisotopic (exact) mass is 633 g/mol. The van der Waals surface area contributed by atoms with Gasteiger partial charge in [0.25, 0.3) is 11.8 Å². The average molecular weight is 634 g/mol. The van der Waals surface area contributed by atoms with Gasteiger partial charge in [0.05, 0.1) is 38.1 Å². The number of aliphatic hydroxyl groups is 1. The Hall–Kier alpha value is -4.47. The van der Waals surface area contributed by atoms with E-state index in [0.717, 1.165) is 18.3 Å². The van der Waals surface area contributed by atoms with Crippen LogP contribution in [-0.2, 0) is 15.7 Å². The van der Waals surface area contributed by atoms with Crippen LogP contribution in [0.25, 0.3) is 16.8 Å². The van der Waals surface area contributed by atoms with Gasteiger partial charge in [-0.1, -0.05) is 11.6 Å². The molecule has 4 aromatic rings. The average Bonchev–Trinajstić information content (AvgIpc) is 3.40. The SMILES string of the molecule is COc1cc(C(=O)Nc2cc(C(F)(F)F)ccn2)ccc1-c1nc([C@H]2CN(C(=O)[C@H](C)O)[C@@H](C)CO2)n2c(Cl)cnc(N)c12. The molecule has 1 saturated heterocycles. The Kier molecular flexibility index (Phi) is 8.38. The number of halogens is 4. The van der Waals surface area contributed by atoms with Crippen LogP contribution < -0.4 is 15.8 Å². The molecule has 232 valence electrons. The summed E-state index contributed by atoms with van der Waals surface area (Å²) in [6, 6.07) is 5.58. The van der Waals surface area contributed by atoms with E-state index in [1.165, 1.54) is 43.3 Å². The van der Waals surface area contributed by atoms with E-state index in [-0.39, 0.29) is 53.0 Å². The molecular weight excluding hydrogens is 607 g/mol. The predicted molar refractivity (Wildman–Crippen MR) is 153 cm³/mol. The molecular formula is C28H27ClF3N7O5. The highest BCUT2D eigenvalue weighted by Crippen LogP contribution is 2.39. The minimum Gasteiger partial charge on any atom is -0.496 e. The third kappa shape index (κ3) is 5.85. The van der Waals surface area contributed by atoms with Crippen LogP contribution in [0.2, 0.25) is 5.15 Å². The Morgan fingerprint density at radius 1 is 1.25 bits per heavy atom. The molecule has 1 aliphatic heterocycles. The number of aliphatic hydroxyl groups excluding tert-OH is 1. The molecule has 4 heterocycles. The molecule has 2 amide bonds. The summed E-state index contributed by atoms with van der Waals surface area (Å²) in [5, 5.41) is 12.4. The minimum absolute atomic E-state index is 0.0644. The van der Waals surface area contributed by atoms with Crippen molar-refractivity contribution < 1.29 is 37.3 Å². The van der Waals surface area contributed by atoms with Crippen LogP contribution in [0.5, 0.6) is 5.75 Å². The Bertz CT molecular complexity index is 1750. The molecule has 0 aliphatic carbocycles. The van der Waals surface area contributed by atoms with Crippen molar-refractivity contribution in [2.24, 2.45) is 0 Å². The second kappa shape index (κ2) is 11.9. The van der Waals surface area contributed by atoms with E-state index < -0.39 is 35.8 Å². The molecule has 3 aromatic heterocycles. The summed E-state index contributed by atoms with van der Waals surface area (Å²) in [4.78, 5) is 39.9. The number of carbonyl (C=O) groups is 2. The molecule has 5 rings (SSSR count). The fraction of sp³-hybridized carbons (Fsp3) is 0.321. The maximum Gasteiger partial charge on any atom is 0.416 e. The topological polar surface area (TPSA) is 157 Å². The Morgan fingerprint density at radius 2 is 2.00 bits per heavy atom. The highest BCUT2D eigenvalue weighted by atomic mass is 35.5. The van der Waals surface area contributed by atoms with Crippen molar-refractivity contribution in [3.63, 3.8) is 0 Å². The number of nitrogens with two attached hydrogens (primary N) is 1. The van der Waals surface area contributed by atoms with E-state index in [9.17, 15) is 27.9 Å². The summed E-state index contributed by atoms with van der Waals surface area (Å²) >= 11 is 6.56. The van der Waals surface area contributed by atoms with Crippen LogP contribution in [0.4, 0.5) is 24.8 Å². The van der Waals surface area contributed by atoms with Gasteiger partial charge in [0, 0.05) is 17.3 Å². The Balaban J connectivity index is 1.53. The molecule has 16 heteroatoms. The number of hydrogen-bond acceptors (Lipinski definition) is 9. The van der Waals surface area contributed by atoms with Crippen molar-refractivity contribution in [3.05, 3.63) is 64.8 Å². The van der Waals surface area contributed by atoms with E-state index in [1.54, 1.807) is 11.3 Å². The molecule has 12 nitrogen and oxygen atoms in total. The van der Waals surface area contributed by atoms with Gasteiger partial charge in [0.15, 0.2) is 0 Å². The fourth-order valence-corrected chi connectivity index (χ4v) is 5.11. The van der Waals surface area contributed by atoms with Crippen LogP contribution >= 0.6 is 11.6 Å².